The van der Waals surface area contributed by atoms with Gasteiger partial charge in [-0.2, -0.15) is 0 Å². The van der Waals surface area contributed by atoms with Crippen LogP contribution in [-0.2, 0) is 0 Å². The van der Waals surface area contributed by atoms with Crippen LogP contribution in [0.15, 0.2) is 8.68 Å². The van der Waals surface area contributed by atoms with E-state index in [0.717, 1.165) is 14.4 Å². The second-order valence-electron chi connectivity index (χ2n) is 3.47. The first-order valence-electron chi connectivity index (χ1n) is 5.48. The lowest BCUT2D eigenvalue weighted by atomic mass is 10.1. The van der Waals surface area contributed by atoms with E-state index in [1.807, 2.05) is 0 Å². The lowest BCUT2D eigenvalue weighted by molar-refractivity contribution is 0.627. The molecule has 0 radical (unpaired) electrons. The Labute approximate surface area is 106 Å². The Balaban J connectivity index is 1.93. The monoisotopic (exact) mass is 262 g/mol. The Kier molecular flexibility index (Phi) is 7.48. The Morgan fingerprint density at radius 2 is 1.87 bits per heavy atom. The quantitative estimate of drug-likeness (QED) is 0.430. The summed E-state index contributed by atoms with van der Waals surface area (Å²) < 4.78 is 1.81. The van der Waals surface area contributed by atoms with Gasteiger partial charge in [-0.05, 0) is 6.42 Å². The number of hydrogen-bond acceptors (Lipinski definition) is 5. The van der Waals surface area contributed by atoms with Crippen LogP contribution in [0.1, 0.15) is 45.4 Å². The lowest BCUT2D eigenvalue weighted by Gasteiger charge is -1.98. The van der Waals surface area contributed by atoms with Crippen molar-refractivity contribution in [1.29, 1.82) is 0 Å². The van der Waals surface area contributed by atoms with E-state index in [1.54, 1.807) is 23.1 Å². The molecule has 0 bridgehead atoms. The predicted octanol–water partition coefficient (Wildman–Crippen LogP) is 4.28. The normalized spacial score (nSPS) is 10.8. The van der Waals surface area contributed by atoms with Gasteiger partial charge >= 0.3 is 0 Å². The van der Waals surface area contributed by atoms with Gasteiger partial charge < -0.3 is 0 Å². The maximum atomic E-state index is 4.14. The minimum absolute atomic E-state index is 0.764. The van der Waals surface area contributed by atoms with Crippen LogP contribution < -0.4 is 0 Å². The van der Waals surface area contributed by atoms with E-state index in [1.165, 1.54) is 38.5 Å². The van der Waals surface area contributed by atoms with E-state index < -0.39 is 0 Å². The minimum Gasteiger partial charge on any atom is -0.131 e. The van der Waals surface area contributed by atoms with Gasteiger partial charge in [0.1, 0.15) is 0 Å². The molecule has 1 rings (SSSR count). The highest BCUT2D eigenvalue weighted by atomic mass is 32.2. The fourth-order valence-corrected chi connectivity index (χ4v) is 3.46. The Bertz CT molecular complexity index is 263. The topological polar surface area (TPSA) is 25.8 Å². The van der Waals surface area contributed by atoms with Crippen molar-refractivity contribution in [2.45, 2.75) is 54.1 Å². The van der Waals surface area contributed by atoms with Crippen LogP contribution in [0, 0.1) is 0 Å². The minimum atomic E-state index is 0.764. The van der Waals surface area contributed by atoms with Gasteiger partial charge in [0.15, 0.2) is 8.68 Å². The molecule has 0 spiro atoms. The molecule has 0 saturated heterocycles. The van der Waals surface area contributed by atoms with Gasteiger partial charge in [0.05, 0.1) is 0 Å². The molecule has 86 valence electrons. The summed E-state index contributed by atoms with van der Waals surface area (Å²) >= 11 is 7.50. The third-order valence-corrected chi connectivity index (χ3v) is 4.43. The summed E-state index contributed by atoms with van der Waals surface area (Å²) in [5.41, 5.74) is 0. The van der Waals surface area contributed by atoms with Crippen LogP contribution in [0.2, 0.25) is 0 Å². The largest absolute Gasteiger partial charge is 0.175 e. The molecular weight excluding hydrogens is 244 g/mol. The van der Waals surface area contributed by atoms with Gasteiger partial charge in [0.25, 0.3) is 0 Å². The first-order valence-corrected chi connectivity index (χ1v) is 7.73. The third-order valence-electron chi connectivity index (χ3n) is 2.12. The molecule has 1 aromatic heterocycles. The highest BCUT2D eigenvalue weighted by Crippen LogP contribution is 2.25. The van der Waals surface area contributed by atoms with Crippen molar-refractivity contribution in [2.75, 3.05) is 5.75 Å². The molecule has 0 fully saturated rings. The van der Waals surface area contributed by atoms with Crippen LogP contribution in [-0.4, -0.2) is 16.0 Å². The summed E-state index contributed by atoms with van der Waals surface area (Å²) in [7, 11) is 0. The standard InChI is InChI=1S/C10H18N2S3/c1-2-3-4-5-6-7-8-14-10-12-11-9(13)15-10/h2-8H2,1H3,(H,11,13). The molecule has 0 N–H and O–H groups in total. The summed E-state index contributed by atoms with van der Waals surface area (Å²) in [4.78, 5) is 0. The molecule has 5 heteroatoms. The zero-order valence-corrected chi connectivity index (χ0v) is 11.6. The summed E-state index contributed by atoms with van der Waals surface area (Å²) in [6.45, 7) is 2.25. The van der Waals surface area contributed by atoms with E-state index in [0.29, 0.717) is 0 Å². The fourth-order valence-electron chi connectivity index (χ4n) is 1.30. The second kappa shape index (κ2) is 8.42. The molecule has 15 heavy (non-hydrogen) atoms. The first kappa shape index (κ1) is 13.3. The zero-order chi connectivity index (χ0) is 10.9. The van der Waals surface area contributed by atoms with Gasteiger partial charge in [0.2, 0.25) is 0 Å². The molecular formula is C10H18N2S3. The van der Waals surface area contributed by atoms with E-state index in [-0.39, 0.29) is 0 Å². The Hall–Kier alpha value is 0.260. The van der Waals surface area contributed by atoms with E-state index in [2.05, 4.69) is 29.7 Å². The van der Waals surface area contributed by atoms with Gasteiger partial charge in [-0.15, -0.1) is 22.8 Å². The van der Waals surface area contributed by atoms with Gasteiger partial charge in [-0.1, -0.05) is 62.1 Å². The zero-order valence-electron chi connectivity index (χ0n) is 9.11. The van der Waals surface area contributed by atoms with Crippen molar-refractivity contribution in [1.82, 2.24) is 10.2 Å². The van der Waals surface area contributed by atoms with Crippen molar-refractivity contribution in [2.24, 2.45) is 0 Å². The van der Waals surface area contributed by atoms with Gasteiger partial charge in [-0.25, -0.2) is 0 Å². The van der Waals surface area contributed by atoms with E-state index in [4.69, 9.17) is 0 Å². The number of thiol groups is 1. The molecule has 1 heterocycles. The number of aromatic nitrogens is 2. The summed E-state index contributed by atoms with van der Waals surface area (Å²) in [5.74, 6) is 1.16. The third kappa shape index (κ3) is 6.43. The van der Waals surface area contributed by atoms with Crippen molar-refractivity contribution in [3.8, 4) is 0 Å². The van der Waals surface area contributed by atoms with Crippen molar-refractivity contribution < 1.29 is 0 Å². The van der Waals surface area contributed by atoms with Crippen LogP contribution in [0.3, 0.4) is 0 Å². The van der Waals surface area contributed by atoms with Crippen LogP contribution >= 0.6 is 35.7 Å². The lowest BCUT2D eigenvalue weighted by Crippen LogP contribution is -1.82. The average molecular weight is 262 g/mol. The molecule has 0 aromatic carbocycles. The second-order valence-corrected chi connectivity index (χ2v) is 6.51. The van der Waals surface area contributed by atoms with E-state index in [9.17, 15) is 0 Å². The fraction of sp³-hybridized carbons (Fsp3) is 0.800. The smallest absolute Gasteiger partial charge is 0.131 e. The number of thioether (sulfide) groups is 1. The predicted molar refractivity (Wildman–Crippen MR) is 71.3 cm³/mol. The maximum absolute atomic E-state index is 4.14. The van der Waals surface area contributed by atoms with Crippen LogP contribution in [0.25, 0.3) is 0 Å². The van der Waals surface area contributed by atoms with Gasteiger partial charge in [0, 0.05) is 5.75 Å². The molecule has 0 saturated carbocycles. The molecule has 0 atom stereocenters. The molecule has 0 amide bonds. The van der Waals surface area contributed by atoms with E-state index >= 15 is 0 Å². The summed E-state index contributed by atoms with van der Waals surface area (Å²) in [6.07, 6.45) is 8.11. The molecule has 0 aliphatic heterocycles. The molecule has 0 unspecified atom stereocenters. The number of unbranched alkanes of at least 4 members (excludes halogenated alkanes) is 5. The van der Waals surface area contributed by atoms with Crippen LogP contribution in [0.4, 0.5) is 0 Å². The molecule has 0 aliphatic carbocycles. The van der Waals surface area contributed by atoms with Crippen LogP contribution in [0.5, 0.6) is 0 Å². The molecule has 2 nitrogen and oxygen atoms in total. The summed E-state index contributed by atoms with van der Waals surface area (Å²) in [5, 5.41) is 7.89. The van der Waals surface area contributed by atoms with Crippen molar-refractivity contribution >= 4 is 35.7 Å². The van der Waals surface area contributed by atoms with Gasteiger partial charge in [-0.3, -0.25) is 0 Å². The Morgan fingerprint density at radius 1 is 1.13 bits per heavy atom. The number of hydrogen-bond donors (Lipinski definition) is 1. The SMILES string of the molecule is CCCCCCCCSc1nnc(S)s1. The average Bonchev–Trinajstić information content (AvgIpc) is 2.63. The highest BCUT2D eigenvalue weighted by molar-refractivity contribution is 8.01. The highest BCUT2D eigenvalue weighted by Gasteiger charge is 2.00. The number of rotatable bonds is 8. The first-order chi connectivity index (χ1) is 7.33. The molecule has 1 aromatic rings. The molecule has 0 aliphatic rings. The summed E-state index contributed by atoms with van der Waals surface area (Å²) in [6, 6.07) is 0. The van der Waals surface area contributed by atoms with Crippen molar-refractivity contribution in [3.63, 3.8) is 0 Å². The maximum Gasteiger partial charge on any atom is 0.175 e. The van der Waals surface area contributed by atoms with Crippen molar-refractivity contribution in [3.05, 3.63) is 0 Å². The Morgan fingerprint density at radius 3 is 2.53 bits per heavy atom. The number of nitrogens with zero attached hydrogens (tertiary/aromatic N) is 2.